The number of nitrogens with zero attached hydrogens (tertiary/aromatic N) is 2. The number of para-hydroxylation sites is 2. The van der Waals surface area contributed by atoms with Crippen LogP contribution in [-0.4, -0.2) is 28.6 Å². The first-order chi connectivity index (χ1) is 9.31. The number of amides is 1. The number of rotatable bonds is 3. The summed E-state index contributed by atoms with van der Waals surface area (Å²) >= 11 is 0. The summed E-state index contributed by atoms with van der Waals surface area (Å²) in [4.78, 5) is 20.5. The minimum absolute atomic E-state index is 0.0495. The Labute approximate surface area is 111 Å². The third-order valence-corrected chi connectivity index (χ3v) is 3.15. The van der Waals surface area contributed by atoms with Crippen molar-refractivity contribution in [3.63, 3.8) is 0 Å². The molecule has 1 amide bonds. The van der Waals surface area contributed by atoms with Crippen molar-refractivity contribution >= 4 is 22.8 Å². The van der Waals surface area contributed by atoms with E-state index in [9.17, 15) is 4.79 Å². The fourth-order valence-corrected chi connectivity index (χ4v) is 2.22. The maximum absolute atomic E-state index is 11.8. The molecule has 5 nitrogen and oxygen atoms in total. The summed E-state index contributed by atoms with van der Waals surface area (Å²) in [5.41, 5.74) is 1.59. The predicted octanol–water partition coefficient (Wildman–Crippen LogP) is 2.14. The van der Waals surface area contributed by atoms with Gasteiger partial charge in [-0.3, -0.25) is 9.78 Å². The lowest BCUT2D eigenvalue weighted by molar-refractivity contribution is -0.118. The third kappa shape index (κ3) is 2.88. The van der Waals surface area contributed by atoms with Gasteiger partial charge >= 0.3 is 0 Å². The van der Waals surface area contributed by atoms with Gasteiger partial charge in [0.1, 0.15) is 0 Å². The molecule has 5 heteroatoms. The second kappa shape index (κ2) is 5.32. The highest BCUT2D eigenvalue weighted by Gasteiger charge is 2.19. The molecule has 0 aliphatic carbocycles. The first-order valence-corrected chi connectivity index (χ1v) is 6.44. The van der Waals surface area contributed by atoms with Gasteiger partial charge in [-0.05, 0) is 25.0 Å². The summed E-state index contributed by atoms with van der Waals surface area (Å²) in [7, 11) is 0. The molecule has 3 rings (SSSR count). The van der Waals surface area contributed by atoms with Crippen LogP contribution in [0.15, 0.2) is 30.5 Å². The van der Waals surface area contributed by atoms with E-state index >= 15 is 0 Å². The van der Waals surface area contributed by atoms with Crippen molar-refractivity contribution in [2.75, 3.05) is 11.9 Å². The maximum Gasteiger partial charge on any atom is 0.228 e. The van der Waals surface area contributed by atoms with Crippen LogP contribution >= 0.6 is 0 Å². The molecule has 1 aliphatic heterocycles. The van der Waals surface area contributed by atoms with Crippen molar-refractivity contribution in [2.45, 2.75) is 25.4 Å². The zero-order chi connectivity index (χ0) is 13.1. The van der Waals surface area contributed by atoms with E-state index < -0.39 is 0 Å². The van der Waals surface area contributed by atoms with Crippen LogP contribution in [0.2, 0.25) is 0 Å². The van der Waals surface area contributed by atoms with Gasteiger partial charge in [0.2, 0.25) is 5.91 Å². The molecule has 0 saturated carbocycles. The number of fused-ring (bicyclic) bond motifs is 1. The van der Waals surface area contributed by atoms with Gasteiger partial charge in [0.05, 0.1) is 29.8 Å². The molecule has 1 aromatic heterocycles. The summed E-state index contributed by atoms with van der Waals surface area (Å²) in [5, 5.41) is 2.77. The Kier molecular flexibility index (Phi) is 3.37. The van der Waals surface area contributed by atoms with Gasteiger partial charge < -0.3 is 10.1 Å². The first-order valence-electron chi connectivity index (χ1n) is 6.44. The average molecular weight is 257 g/mol. The Morgan fingerprint density at radius 3 is 3.00 bits per heavy atom. The molecule has 1 N–H and O–H groups in total. The van der Waals surface area contributed by atoms with Crippen LogP contribution in [0.3, 0.4) is 0 Å². The molecule has 2 heterocycles. The first kappa shape index (κ1) is 12.0. The van der Waals surface area contributed by atoms with Crippen molar-refractivity contribution in [1.29, 1.82) is 0 Å². The topological polar surface area (TPSA) is 64.1 Å². The Morgan fingerprint density at radius 2 is 2.21 bits per heavy atom. The number of benzene rings is 1. The number of carbonyl (C=O) groups is 1. The lowest BCUT2D eigenvalue weighted by Crippen LogP contribution is -2.19. The van der Waals surface area contributed by atoms with E-state index in [0.29, 0.717) is 12.2 Å². The Hall–Kier alpha value is -2.01. The smallest absolute Gasteiger partial charge is 0.228 e. The molecule has 0 bridgehead atoms. The summed E-state index contributed by atoms with van der Waals surface area (Å²) in [5.74, 6) is 0.415. The fourth-order valence-electron chi connectivity index (χ4n) is 2.22. The van der Waals surface area contributed by atoms with Crippen LogP contribution in [-0.2, 0) is 9.53 Å². The second-order valence-corrected chi connectivity index (χ2v) is 4.63. The Bertz CT molecular complexity index is 594. The van der Waals surface area contributed by atoms with Crippen LogP contribution in [0.5, 0.6) is 0 Å². The summed E-state index contributed by atoms with van der Waals surface area (Å²) in [6.45, 7) is 0.758. The van der Waals surface area contributed by atoms with Crippen LogP contribution in [0, 0.1) is 0 Å². The molecule has 19 heavy (non-hydrogen) atoms. The highest BCUT2D eigenvalue weighted by Crippen LogP contribution is 2.16. The Balaban J connectivity index is 1.68. The number of carbonyl (C=O) groups excluding carboxylic acids is 1. The van der Waals surface area contributed by atoms with Gasteiger partial charge in [0.15, 0.2) is 5.82 Å². The van der Waals surface area contributed by atoms with Crippen molar-refractivity contribution in [2.24, 2.45) is 0 Å². The molecule has 98 valence electrons. The minimum atomic E-state index is -0.0727. The molecule has 0 radical (unpaired) electrons. The van der Waals surface area contributed by atoms with Gasteiger partial charge in [-0.2, -0.15) is 0 Å². The van der Waals surface area contributed by atoms with Crippen molar-refractivity contribution in [3.05, 3.63) is 30.5 Å². The quantitative estimate of drug-likeness (QED) is 0.915. The SMILES string of the molecule is O=C(C[C@@H]1CCCO1)Nc1cnc2ccccc2n1. The van der Waals surface area contributed by atoms with E-state index in [1.807, 2.05) is 24.3 Å². The molecule has 2 aromatic rings. The summed E-state index contributed by atoms with van der Waals surface area (Å²) in [6.07, 6.45) is 4.00. The molecule has 1 fully saturated rings. The van der Waals surface area contributed by atoms with E-state index in [-0.39, 0.29) is 12.0 Å². The molecule has 1 aliphatic rings. The van der Waals surface area contributed by atoms with Crippen molar-refractivity contribution < 1.29 is 9.53 Å². The van der Waals surface area contributed by atoms with E-state index in [1.165, 1.54) is 0 Å². The van der Waals surface area contributed by atoms with Gasteiger partial charge in [0, 0.05) is 6.61 Å². The lowest BCUT2D eigenvalue weighted by Gasteiger charge is -2.09. The van der Waals surface area contributed by atoms with Crippen molar-refractivity contribution in [3.8, 4) is 0 Å². The second-order valence-electron chi connectivity index (χ2n) is 4.63. The number of aromatic nitrogens is 2. The number of ether oxygens (including phenoxy) is 1. The average Bonchev–Trinajstić information content (AvgIpc) is 2.91. The molecule has 1 aromatic carbocycles. The summed E-state index contributed by atoms with van der Waals surface area (Å²) in [6, 6.07) is 7.57. The maximum atomic E-state index is 11.8. The monoisotopic (exact) mass is 257 g/mol. The van der Waals surface area contributed by atoms with Gasteiger partial charge in [-0.1, -0.05) is 12.1 Å². The third-order valence-electron chi connectivity index (χ3n) is 3.15. The number of anilines is 1. The van der Waals surface area contributed by atoms with E-state index in [2.05, 4.69) is 15.3 Å². The highest BCUT2D eigenvalue weighted by molar-refractivity contribution is 5.90. The Morgan fingerprint density at radius 1 is 1.37 bits per heavy atom. The van der Waals surface area contributed by atoms with Crippen LogP contribution < -0.4 is 5.32 Å². The summed E-state index contributed by atoms with van der Waals surface area (Å²) < 4.78 is 5.43. The van der Waals surface area contributed by atoms with Crippen LogP contribution in [0.25, 0.3) is 11.0 Å². The minimum Gasteiger partial charge on any atom is -0.378 e. The van der Waals surface area contributed by atoms with Gasteiger partial charge in [0.25, 0.3) is 0 Å². The molecular formula is C14H15N3O2. The van der Waals surface area contributed by atoms with E-state index in [0.717, 1.165) is 30.5 Å². The molecular weight excluding hydrogens is 242 g/mol. The lowest BCUT2D eigenvalue weighted by atomic mass is 10.2. The highest BCUT2D eigenvalue weighted by atomic mass is 16.5. The zero-order valence-corrected chi connectivity index (χ0v) is 10.5. The molecule has 1 saturated heterocycles. The standard InChI is InChI=1S/C14H15N3O2/c18-14(8-10-4-3-7-19-10)17-13-9-15-11-5-1-2-6-12(11)16-13/h1-2,5-6,9-10H,3-4,7-8H2,(H,16,17,18)/t10-/m0/s1. The largest absolute Gasteiger partial charge is 0.378 e. The number of nitrogens with one attached hydrogen (secondary N) is 1. The van der Waals surface area contributed by atoms with Crippen LogP contribution in [0.1, 0.15) is 19.3 Å². The predicted molar refractivity (Wildman–Crippen MR) is 71.8 cm³/mol. The van der Waals surface area contributed by atoms with E-state index in [1.54, 1.807) is 6.20 Å². The normalized spacial score (nSPS) is 18.6. The molecule has 0 unspecified atom stereocenters. The number of hydrogen-bond acceptors (Lipinski definition) is 4. The van der Waals surface area contributed by atoms with Gasteiger partial charge in [-0.15, -0.1) is 0 Å². The number of hydrogen-bond donors (Lipinski definition) is 1. The van der Waals surface area contributed by atoms with Gasteiger partial charge in [-0.25, -0.2) is 4.98 Å². The fraction of sp³-hybridized carbons (Fsp3) is 0.357. The molecule has 0 spiro atoms. The van der Waals surface area contributed by atoms with Crippen LogP contribution in [0.4, 0.5) is 5.82 Å². The molecule has 1 atom stereocenters. The van der Waals surface area contributed by atoms with Crippen molar-refractivity contribution in [1.82, 2.24) is 9.97 Å². The van der Waals surface area contributed by atoms with E-state index in [4.69, 9.17) is 4.74 Å². The zero-order valence-electron chi connectivity index (χ0n) is 10.5.